The third-order valence-electron chi connectivity index (χ3n) is 6.04. The van der Waals surface area contributed by atoms with Gasteiger partial charge in [0, 0.05) is 35.8 Å². The van der Waals surface area contributed by atoms with Gasteiger partial charge >= 0.3 is 34.7 Å². The molecule has 0 N–H and O–H groups in total. The van der Waals surface area contributed by atoms with Crippen LogP contribution in [-0.2, 0) is 28.8 Å². The number of unbranched alkanes of at least 4 members (excludes halogenated alkanes) is 15. The molecule has 0 spiro atoms. The van der Waals surface area contributed by atoms with Gasteiger partial charge in [-0.25, -0.2) is 0 Å². The molecule has 0 saturated heterocycles. The van der Waals surface area contributed by atoms with Gasteiger partial charge in [0.2, 0.25) is 0 Å². The average Bonchev–Trinajstić information content (AvgIpc) is 2.88. The van der Waals surface area contributed by atoms with Crippen LogP contribution in [0.5, 0.6) is 0 Å². The quantitative estimate of drug-likeness (QED) is 0.0694. The van der Waals surface area contributed by atoms with Crippen LogP contribution in [0.1, 0.15) is 154 Å². The maximum atomic E-state index is 10.0. The minimum Gasteiger partial charge on any atom is -0.550 e. The van der Waals surface area contributed by atoms with Crippen molar-refractivity contribution in [3.8, 4) is 0 Å². The maximum absolute atomic E-state index is 10.0. The molecule has 0 aliphatic carbocycles. The number of carboxylic acids is 6. The summed E-state index contributed by atoms with van der Waals surface area (Å²) in [4.78, 5) is 60.2. The number of carboxylic acid groups (broad SMARTS) is 6. The summed E-state index contributed by atoms with van der Waals surface area (Å²) in [6, 6.07) is 0. The van der Waals surface area contributed by atoms with Crippen molar-refractivity contribution in [2.75, 3.05) is 0 Å². The average molecular weight is 655 g/mol. The molecule has 12 nitrogen and oxygen atoms in total. The van der Waals surface area contributed by atoms with Crippen LogP contribution < -0.4 is 30.6 Å². The van der Waals surface area contributed by atoms with Crippen LogP contribution in [0.15, 0.2) is 0 Å². The van der Waals surface area contributed by atoms with Crippen molar-refractivity contribution >= 4 is 70.5 Å². The first kappa shape index (κ1) is 51.5. The molecule has 0 saturated carbocycles. The van der Waals surface area contributed by atoms with Gasteiger partial charge in [-0.2, -0.15) is 0 Å². The van der Waals surface area contributed by atoms with Gasteiger partial charge in [-0.15, -0.1) is 0 Å². The van der Waals surface area contributed by atoms with Gasteiger partial charge in [0.1, 0.15) is 0 Å². The maximum Gasteiger partial charge on any atom is 3.00 e. The summed E-state index contributed by atoms with van der Waals surface area (Å²) >= 11 is 0. The van der Waals surface area contributed by atoms with E-state index in [1.54, 1.807) is 0 Å². The molecule has 0 radical (unpaired) electrons. The fourth-order valence-electron chi connectivity index (χ4n) is 3.74. The van der Waals surface area contributed by atoms with Gasteiger partial charge in [-0.1, -0.05) is 77.0 Å². The number of aliphatic carboxylic acids is 6. The normalized spacial score (nSPS) is 9.55. The predicted molar refractivity (Wildman–Crippen MR) is 152 cm³/mol. The topological polar surface area (TPSA) is 241 Å². The van der Waals surface area contributed by atoms with Gasteiger partial charge in [0.25, 0.3) is 0 Å². The Hall–Kier alpha value is -2.12. The first-order chi connectivity index (χ1) is 19.9. The molecule has 0 aliphatic heterocycles. The summed E-state index contributed by atoms with van der Waals surface area (Å²) in [6.45, 7) is 0. The summed E-state index contributed by atoms with van der Waals surface area (Å²) in [5.41, 5.74) is 0. The van der Waals surface area contributed by atoms with E-state index in [1.165, 1.54) is 0 Å². The Kier molecular flexibility index (Phi) is 47.8. The number of hydrogen-bond acceptors (Lipinski definition) is 12. The molecule has 0 bridgehead atoms. The van der Waals surface area contributed by atoms with Crippen LogP contribution in [0.2, 0.25) is 0 Å². The standard InChI is InChI=1S/3C10H18O4.2Al/c3*11-9(12)7-5-3-1-2-4-6-8-10(13)14;;/h3*1-8H2,(H,11,12)(H,13,14);;/q;;;2*+3/p-6. The third kappa shape index (κ3) is 63.2. The van der Waals surface area contributed by atoms with Crippen molar-refractivity contribution in [1.82, 2.24) is 0 Å². The zero-order chi connectivity index (χ0) is 32.4. The second kappa shape index (κ2) is 40.9. The Morgan fingerprint density at radius 1 is 0.227 bits per heavy atom. The van der Waals surface area contributed by atoms with Crippen molar-refractivity contribution in [2.45, 2.75) is 154 Å². The monoisotopic (exact) mass is 654 g/mol. The predicted octanol–water partition coefficient (Wildman–Crippen LogP) is -1.94. The summed E-state index contributed by atoms with van der Waals surface area (Å²) in [6.07, 6.45) is 15.7. The number of carbonyl (C=O) groups is 6. The molecule has 0 aromatic heterocycles. The first-order valence-electron chi connectivity index (χ1n) is 15.1. The van der Waals surface area contributed by atoms with Crippen LogP contribution in [-0.4, -0.2) is 70.5 Å². The Morgan fingerprint density at radius 2 is 0.318 bits per heavy atom. The van der Waals surface area contributed by atoms with Crippen LogP contribution in [0.25, 0.3) is 0 Å². The van der Waals surface area contributed by atoms with E-state index in [-0.39, 0.29) is 73.2 Å². The van der Waals surface area contributed by atoms with Crippen LogP contribution in [0, 0.1) is 0 Å². The summed E-state index contributed by atoms with van der Waals surface area (Å²) in [5.74, 6) is -5.99. The van der Waals surface area contributed by atoms with E-state index in [0.29, 0.717) is 38.5 Å². The molecular weight excluding hydrogens is 606 g/mol. The van der Waals surface area contributed by atoms with E-state index in [1.807, 2.05) is 0 Å². The molecule has 0 atom stereocenters. The van der Waals surface area contributed by atoms with Crippen LogP contribution in [0.3, 0.4) is 0 Å². The van der Waals surface area contributed by atoms with Crippen LogP contribution >= 0.6 is 0 Å². The summed E-state index contributed by atoms with van der Waals surface area (Å²) in [5, 5.41) is 60.2. The van der Waals surface area contributed by atoms with E-state index in [0.717, 1.165) is 77.0 Å². The van der Waals surface area contributed by atoms with Gasteiger partial charge < -0.3 is 59.4 Å². The van der Waals surface area contributed by atoms with E-state index in [4.69, 9.17) is 0 Å². The number of hydrogen-bond donors (Lipinski definition) is 0. The van der Waals surface area contributed by atoms with Crippen molar-refractivity contribution in [2.24, 2.45) is 0 Å². The molecule has 0 aromatic carbocycles. The van der Waals surface area contributed by atoms with Gasteiger partial charge in [0.05, 0.1) is 0 Å². The molecule has 0 fully saturated rings. The number of rotatable bonds is 27. The Labute approximate surface area is 283 Å². The molecule has 0 aromatic rings. The summed E-state index contributed by atoms with van der Waals surface area (Å²) < 4.78 is 0. The molecule has 0 rings (SSSR count). The zero-order valence-corrected chi connectivity index (χ0v) is 28.3. The van der Waals surface area contributed by atoms with Crippen molar-refractivity contribution in [3.63, 3.8) is 0 Å². The molecule has 246 valence electrons. The van der Waals surface area contributed by atoms with Crippen molar-refractivity contribution in [3.05, 3.63) is 0 Å². The van der Waals surface area contributed by atoms with Gasteiger partial charge in [-0.05, 0) is 77.0 Å². The molecule has 0 unspecified atom stereocenters. The smallest absolute Gasteiger partial charge is 0.550 e. The van der Waals surface area contributed by atoms with Gasteiger partial charge in [0.15, 0.2) is 0 Å². The second-order valence-corrected chi connectivity index (χ2v) is 10.1. The third-order valence-corrected chi connectivity index (χ3v) is 6.04. The molecular formula is C30H48Al2O12. The molecule has 44 heavy (non-hydrogen) atoms. The molecule has 0 heterocycles. The van der Waals surface area contributed by atoms with E-state index < -0.39 is 35.8 Å². The Morgan fingerprint density at radius 3 is 0.409 bits per heavy atom. The van der Waals surface area contributed by atoms with Crippen LogP contribution in [0.4, 0.5) is 0 Å². The summed E-state index contributed by atoms with van der Waals surface area (Å²) in [7, 11) is 0. The van der Waals surface area contributed by atoms with E-state index in [2.05, 4.69) is 0 Å². The van der Waals surface area contributed by atoms with E-state index >= 15 is 0 Å². The Bertz CT molecular complexity index is 578. The largest absolute Gasteiger partial charge is 3.00 e. The second-order valence-electron chi connectivity index (χ2n) is 10.1. The first-order valence-corrected chi connectivity index (χ1v) is 15.1. The molecule has 0 aliphatic rings. The minimum absolute atomic E-state index is 0. The fraction of sp³-hybridized carbons (Fsp3) is 0.800. The minimum atomic E-state index is -0.998. The van der Waals surface area contributed by atoms with E-state index in [9.17, 15) is 59.4 Å². The fourth-order valence-corrected chi connectivity index (χ4v) is 3.74. The van der Waals surface area contributed by atoms with Crippen molar-refractivity contribution in [1.29, 1.82) is 0 Å². The van der Waals surface area contributed by atoms with Crippen molar-refractivity contribution < 1.29 is 59.4 Å². The molecule has 14 heteroatoms. The SMILES string of the molecule is O=C([O-])CCCCCCCCC(=O)[O-].O=C([O-])CCCCCCCCC(=O)[O-].O=C([O-])CCCCCCCCC(=O)[O-].[Al+3].[Al+3]. The Balaban J connectivity index is -0.000000169. The van der Waals surface area contributed by atoms with Gasteiger partial charge in [-0.3, -0.25) is 0 Å². The number of carbonyl (C=O) groups excluding carboxylic acids is 6. The molecule has 0 amide bonds. The zero-order valence-electron chi connectivity index (χ0n) is 26.0.